The standard InChI is InChI=1S/C26H37N3O4/c1-17-9-8-10-18(2)29(17)23(30)16-28-21-15-19(24(31)27-20-11-6-5-7-12-20)13-14-22(21)33-26(3,4)25(28)32/h13-15,17-18,20H,5-12,16H2,1-4H3,(H,27,31)/t17-,18-/m0/s1. The number of fused-ring (bicyclic) bond motifs is 1. The number of nitrogens with one attached hydrogen (secondary N) is 1. The van der Waals surface area contributed by atoms with Crippen LogP contribution in [0.25, 0.3) is 0 Å². The Labute approximate surface area is 196 Å². The first kappa shape index (κ1) is 23.6. The predicted molar refractivity (Wildman–Crippen MR) is 127 cm³/mol. The molecular weight excluding hydrogens is 418 g/mol. The Balaban J connectivity index is 1.59. The van der Waals surface area contributed by atoms with E-state index < -0.39 is 5.60 Å². The van der Waals surface area contributed by atoms with Gasteiger partial charge < -0.3 is 15.0 Å². The molecule has 2 heterocycles. The third-order valence-corrected chi connectivity index (χ3v) is 7.35. The monoisotopic (exact) mass is 455 g/mol. The largest absolute Gasteiger partial charge is 0.476 e. The van der Waals surface area contributed by atoms with Crippen LogP contribution in [0.15, 0.2) is 18.2 Å². The van der Waals surface area contributed by atoms with Gasteiger partial charge in [0.2, 0.25) is 5.91 Å². The van der Waals surface area contributed by atoms with E-state index >= 15 is 0 Å². The summed E-state index contributed by atoms with van der Waals surface area (Å²) in [5, 5.41) is 3.13. The summed E-state index contributed by atoms with van der Waals surface area (Å²) in [6.45, 7) is 7.51. The van der Waals surface area contributed by atoms with E-state index in [2.05, 4.69) is 19.2 Å². The summed E-state index contributed by atoms with van der Waals surface area (Å²) in [6.07, 6.45) is 8.54. The minimum absolute atomic E-state index is 0.0546. The number of piperidine rings is 1. The number of rotatable bonds is 4. The molecule has 0 bridgehead atoms. The van der Waals surface area contributed by atoms with Gasteiger partial charge in [-0.3, -0.25) is 19.3 Å². The van der Waals surface area contributed by atoms with Crippen LogP contribution in [0.3, 0.4) is 0 Å². The zero-order valence-corrected chi connectivity index (χ0v) is 20.4. The molecule has 4 rings (SSSR count). The Morgan fingerprint density at radius 2 is 1.70 bits per heavy atom. The van der Waals surface area contributed by atoms with Gasteiger partial charge in [-0.1, -0.05) is 19.3 Å². The molecule has 1 aromatic rings. The molecule has 3 aliphatic rings. The molecule has 2 fully saturated rings. The van der Waals surface area contributed by atoms with E-state index in [9.17, 15) is 14.4 Å². The molecule has 180 valence electrons. The zero-order valence-electron chi connectivity index (χ0n) is 20.4. The Kier molecular flexibility index (Phi) is 6.68. The minimum atomic E-state index is -1.09. The Hall–Kier alpha value is -2.57. The smallest absolute Gasteiger partial charge is 0.271 e. The van der Waals surface area contributed by atoms with Crippen molar-refractivity contribution in [1.29, 1.82) is 0 Å². The van der Waals surface area contributed by atoms with E-state index in [1.807, 2.05) is 4.90 Å². The van der Waals surface area contributed by atoms with Crippen LogP contribution in [-0.2, 0) is 9.59 Å². The van der Waals surface area contributed by atoms with Crippen LogP contribution in [-0.4, -0.2) is 52.9 Å². The van der Waals surface area contributed by atoms with E-state index in [-0.39, 0.29) is 42.4 Å². The SMILES string of the molecule is C[C@H]1CCC[C@H](C)N1C(=O)CN1C(=O)C(C)(C)Oc2ccc(C(=O)NC3CCCCC3)cc21. The maximum atomic E-state index is 13.3. The van der Waals surface area contributed by atoms with Crippen LogP contribution >= 0.6 is 0 Å². The molecule has 0 unspecified atom stereocenters. The van der Waals surface area contributed by atoms with Gasteiger partial charge in [0.1, 0.15) is 12.3 Å². The van der Waals surface area contributed by atoms with E-state index in [4.69, 9.17) is 4.74 Å². The van der Waals surface area contributed by atoms with E-state index in [1.54, 1.807) is 32.0 Å². The van der Waals surface area contributed by atoms with Crippen LogP contribution in [0, 0.1) is 0 Å². The first-order chi connectivity index (χ1) is 15.7. The van der Waals surface area contributed by atoms with E-state index in [0.717, 1.165) is 44.9 Å². The molecule has 1 saturated heterocycles. The van der Waals surface area contributed by atoms with Crippen molar-refractivity contribution in [3.63, 3.8) is 0 Å². The van der Waals surface area contributed by atoms with Crippen LogP contribution in [0.5, 0.6) is 5.75 Å². The van der Waals surface area contributed by atoms with Crippen molar-refractivity contribution in [2.24, 2.45) is 0 Å². The summed E-state index contributed by atoms with van der Waals surface area (Å²) in [6, 6.07) is 5.66. The fourth-order valence-corrected chi connectivity index (χ4v) is 5.51. The molecule has 0 spiro atoms. The third-order valence-electron chi connectivity index (χ3n) is 7.35. The molecule has 0 radical (unpaired) electrons. The maximum Gasteiger partial charge on any atom is 0.271 e. The molecule has 1 aliphatic carbocycles. The summed E-state index contributed by atoms with van der Waals surface area (Å²) in [5.41, 5.74) is -0.118. The van der Waals surface area contributed by atoms with Crippen LogP contribution in [0.1, 0.15) is 89.4 Å². The lowest BCUT2D eigenvalue weighted by Gasteiger charge is -2.42. The molecule has 7 nitrogen and oxygen atoms in total. The molecule has 33 heavy (non-hydrogen) atoms. The van der Waals surface area contributed by atoms with Gasteiger partial charge >= 0.3 is 0 Å². The molecule has 1 N–H and O–H groups in total. The first-order valence-corrected chi connectivity index (χ1v) is 12.4. The Morgan fingerprint density at radius 3 is 2.36 bits per heavy atom. The number of carbonyl (C=O) groups excluding carboxylic acids is 3. The highest BCUT2D eigenvalue weighted by Crippen LogP contribution is 2.39. The Bertz CT molecular complexity index is 912. The molecular formula is C26H37N3O4. The number of ether oxygens (including phenoxy) is 1. The van der Waals surface area contributed by atoms with E-state index in [0.29, 0.717) is 17.0 Å². The van der Waals surface area contributed by atoms with Crippen molar-refractivity contribution in [2.45, 2.75) is 103 Å². The van der Waals surface area contributed by atoms with Crippen molar-refractivity contribution in [1.82, 2.24) is 10.2 Å². The number of benzene rings is 1. The summed E-state index contributed by atoms with van der Waals surface area (Å²) in [5.74, 6) is 0.0298. The number of nitrogens with zero attached hydrogens (tertiary/aromatic N) is 2. The molecule has 3 amide bonds. The first-order valence-electron chi connectivity index (χ1n) is 12.4. The van der Waals surface area contributed by atoms with Crippen LogP contribution < -0.4 is 15.0 Å². The van der Waals surface area contributed by atoms with Gasteiger partial charge in [0.15, 0.2) is 5.60 Å². The number of carbonyl (C=O) groups is 3. The molecule has 2 atom stereocenters. The molecule has 2 aliphatic heterocycles. The number of hydrogen-bond donors (Lipinski definition) is 1. The highest BCUT2D eigenvalue weighted by Gasteiger charge is 2.43. The topological polar surface area (TPSA) is 79.0 Å². The van der Waals surface area contributed by atoms with Gasteiger partial charge in [0.25, 0.3) is 11.8 Å². The van der Waals surface area contributed by atoms with Gasteiger partial charge in [-0.25, -0.2) is 0 Å². The second kappa shape index (κ2) is 9.35. The molecule has 7 heteroatoms. The van der Waals surface area contributed by atoms with Gasteiger partial charge in [-0.15, -0.1) is 0 Å². The maximum absolute atomic E-state index is 13.3. The van der Waals surface area contributed by atoms with Crippen molar-refractivity contribution >= 4 is 23.4 Å². The number of amides is 3. The second-order valence-corrected chi connectivity index (χ2v) is 10.4. The number of anilines is 1. The van der Waals surface area contributed by atoms with Crippen molar-refractivity contribution < 1.29 is 19.1 Å². The van der Waals surface area contributed by atoms with Gasteiger partial charge in [-0.05, 0) is 78.0 Å². The highest BCUT2D eigenvalue weighted by molar-refractivity contribution is 6.07. The highest BCUT2D eigenvalue weighted by atomic mass is 16.5. The average Bonchev–Trinajstić information content (AvgIpc) is 2.77. The predicted octanol–water partition coefficient (Wildman–Crippen LogP) is 4.04. The zero-order chi connectivity index (χ0) is 23.8. The summed E-state index contributed by atoms with van der Waals surface area (Å²) in [4.78, 5) is 43.0. The average molecular weight is 456 g/mol. The van der Waals surface area contributed by atoms with Crippen molar-refractivity contribution in [2.75, 3.05) is 11.4 Å². The fraction of sp³-hybridized carbons (Fsp3) is 0.654. The number of likely N-dealkylation sites (tertiary alicyclic amines) is 1. The fourth-order valence-electron chi connectivity index (χ4n) is 5.51. The van der Waals surface area contributed by atoms with Gasteiger partial charge in [0.05, 0.1) is 5.69 Å². The normalized spacial score (nSPS) is 25.3. The number of hydrogen-bond acceptors (Lipinski definition) is 4. The van der Waals surface area contributed by atoms with Crippen molar-refractivity contribution in [3.8, 4) is 5.75 Å². The minimum Gasteiger partial charge on any atom is -0.476 e. The summed E-state index contributed by atoms with van der Waals surface area (Å²) in [7, 11) is 0. The van der Waals surface area contributed by atoms with Gasteiger partial charge in [0, 0.05) is 23.7 Å². The van der Waals surface area contributed by atoms with Crippen LogP contribution in [0.4, 0.5) is 5.69 Å². The quantitative estimate of drug-likeness (QED) is 0.743. The van der Waals surface area contributed by atoms with E-state index in [1.165, 1.54) is 11.3 Å². The molecule has 1 saturated carbocycles. The Morgan fingerprint density at radius 1 is 1.03 bits per heavy atom. The third kappa shape index (κ3) is 4.87. The summed E-state index contributed by atoms with van der Waals surface area (Å²) < 4.78 is 5.97. The lowest BCUT2D eigenvalue weighted by molar-refractivity contribution is -0.139. The summed E-state index contributed by atoms with van der Waals surface area (Å²) >= 11 is 0. The van der Waals surface area contributed by atoms with Gasteiger partial charge in [-0.2, -0.15) is 0 Å². The second-order valence-electron chi connectivity index (χ2n) is 10.4. The van der Waals surface area contributed by atoms with Crippen LogP contribution in [0.2, 0.25) is 0 Å². The lowest BCUT2D eigenvalue weighted by atomic mass is 9.95. The van der Waals surface area contributed by atoms with Crippen molar-refractivity contribution in [3.05, 3.63) is 23.8 Å². The lowest BCUT2D eigenvalue weighted by Crippen LogP contribution is -2.57. The molecule has 1 aromatic carbocycles. The molecule has 0 aromatic heterocycles.